The van der Waals surface area contributed by atoms with Crippen LogP contribution in [0.4, 0.5) is 0 Å². The van der Waals surface area contributed by atoms with Gasteiger partial charge in [-0.25, -0.2) is 0 Å². The molecule has 1 heterocycles. The maximum atomic E-state index is 11.1. The second-order valence-electron chi connectivity index (χ2n) is 6.13. The highest BCUT2D eigenvalue weighted by Crippen LogP contribution is 2.48. The molecule has 0 aromatic heterocycles. The zero-order valence-corrected chi connectivity index (χ0v) is 10.1. The smallest absolute Gasteiger partial charge is 0.137 e. The number of aldehydes is 1. The minimum Gasteiger partial charge on any atom is -0.302 e. The Morgan fingerprint density at radius 2 is 2.06 bits per heavy atom. The Balaban J connectivity index is 1.58. The van der Waals surface area contributed by atoms with Crippen LogP contribution in [-0.4, -0.2) is 30.3 Å². The summed E-state index contributed by atoms with van der Waals surface area (Å²) in [6.45, 7) is 2.38. The Labute approximate surface area is 98.4 Å². The van der Waals surface area contributed by atoms with Crippen molar-refractivity contribution in [2.24, 2.45) is 17.8 Å². The molecule has 3 aliphatic rings. The van der Waals surface area contributed by atoms with E-state index in [9.17, 15) is 4.79 Å². The van der Waals surface area contributed by atoms with E-state index in [1.165, 1.54) is 51.4 Å². The lowest BCUT2D eigenvalue weighted by molar-refractivity contribution is -0.113. The lowest BCUT2D eigenvalue weighted by atomic mass is 9.87. The van der Waals surface area contributed by atoms with Crippen LogP contribution in [0.5, 0.6) is 0 Å². The van der Waals surface area contributed by atoms with Gasteiger partial charge in [0.25, 0.3) is 0 Å². The molecule has 3 fully saturated rings. The number of rotatable bonds is 3. The summed E-state index contributed by atoms with van der Waals surface area (Å²) in [4.78, 5) is 13.5. The van der Waals surface area contributed by atoms with Crippen LogP contribution in [0.2, 0.25) is 0 Å². The van der Waals surface area contributed by atoms with Crippen molar-refractivity contribution >= 4 is 6.29 Å². The number of hydrogen-bond donors (Lipinski definition) is 0. The fourth-order valence-corrected chi connectivity index (χ4v) is 4.30. The van der Waals surface area contributed by atoms with Crippen molar-refractivity contribution in [2.75, 3.05) is 13.1 Å². The third-order valence-electron chi connectivity index (χ3n) is 5.17. The summed E-state index contributed by atoms with van der Waals surface area (Å²) in [5.41, 5.74) is 0. The highest BCUT2D eigenvalue weighted by Gasteiger charge is 2.40. The monoisotopic (exact) mass is 221 g/mol. The zero-order valence-electron chi connectivity index (χ0n) is 10.1. The number of hydrogen-bond acceptors (Lipinski definition) is 2. The first kappa shape index (κ1) is 10.8. The average molecular weight is 221 g/mol. The topological polar surface area (TPSA) is 20.3 Å². The van der Waals surface area contributed by atoms with Crippen molar-refractivity contribution in [1.29, 1.82) is 0 Å². The van der Waals surface area contributed by atoms with Gasteiger partial charge in [0, 0.05) is 6.54 Å². The number of piperidine rings is 1. The van der Waals surface area contributed by atoms with Crippen LogP contribution in [-0.2, 0) is 4.79 Å². The summed E-state index contributed by atoms with van der Waals surface area (Å²) in [6, 6.07) is 0.243. The molecule has 2 aliphatic carbocycles. The molecular weight excluding hydrogens is 198 g/mol. The average Bonchev–Trinajstić information content (AvgIpc) is 2.92. The van der Waals surface area contributed by atoms with Crippen LogP contribution in [0, 0.1) is 17.8 Å². The van der Waals surface area contributed by atoms with Crippen molar-refractivity contribution in [3.05, 3.63) is 0 Å². The van der Waals surface area contributed by atoms with Crippen LogP contribution in [0.15, 0.2) is 0 Å². The highest BCUT2D eigenvalue weighted by atomic mass is 16.1. The van der Waals surface area contributed by atoms with E-state index in [4.69, 9.17) is 0 Å². The molecule has 0 N–H and O–H groups in total. The van der Waals surface area contributed by atoms with E-state index in [1.54, 1.807) is 0 Å². The number of nitrogens with zero attached hydrogens (tertiary/aromatic N) is 1. The van der Waals surface area contributed by atoms with Crippen molar-refractivity contribution in [3.8, 4) is 0 Å². The summed E-state index contributed by atoms with van der Waals surface area (Å²) in [5.74, 6) is 2.95. The predicted molar refractivity (Wildman–Crippen MR) is 64.2 cm³/mol. The Kier molecular flexibility index (Phi) is 3.01. The van der Waals surface area contributed by atoms with E-state index in [0.717, 1.165) is 30.7 Å². The molecule has 0 amide bonds. The van der Waals surface area contributed by atoms with Gasteiger partial charge in [-0.05, 0) is 56.4 Å². The lowest BCUT2D eigenvalue weighted by Crippen LogP contribution is -2.44. The first-order chi connectivity index (χ1) is 7.86. The highest BCUT2D eigenvalue weighted by molar-refractivity contribution is 5.57. The molecule has 0 aromatic rings. The SMILES string of the molecule is O=CC1CCCCN1CC1CC2CCC1C2. The van der Waals surface area contributed by atoms with Crippen molar-refractivity contribution in [2.45, 2.75) is 51.0 Å². The summed E-state index contributed by atoms with van der Waals surface area (Å²) < 4.78 is 0. The third-order valence-corrected chi connectivity index (χ3v) is 5.17. The first-order valence-electron chi connectivity index (χ1n) is 7.06. The van der Waals surface area contributed by atoms with Gasteiger partial charge in [0.2, 0.25) is 0 Å². The molecule has 1 aliphatic heterocycles. The van der Waals surface area contributed by atoms with E-state index < -0.39 is 0 Å². The summed E-state index contributed by atoms with van der Waals surface area (Å²) in [6.07, 6.45) is 10.7. The Morgan fingerprint density at radius 3 is 2.75 bits per heavy atom. The van der Waals surface area contributed by atoms with Crippen LogP contribution >= 0.6 is 0 Å². The minimum absolute atomic E-state index is 0.243. The first-order valence-corrected chi connectivity index (χ1v) is 7.06. The van der Waals surface area contributed by atoms with E-state index in [1.807, 2.05) is 0 Å². The Bertz CT molecular complexity index is 265. The van der Waals surface area contributed by atoms with Crippen molar-refractivity contribution < 1.29 is 4.79 Å². The molecule has 0 radical (unpaired) electrons. The van der Waals surface area contributed by atoms with Crippen molar-refractivity contribution in [3.63, 3.8) is 0 Å². The number of carbonyl (C=O) groups is 1. The quantitative estimate of drug-likeness (QED) is 0.682. The van der Waals surface area contributed by atoms with Gasteiger partial charge in [0.1, 0.15) is 6.29 Å². The lowest BCUT2D eigenvalue weighted by Gasteiger charge is -2.36. The molecule has 2 saturated carbocycles. The molecule has 0 spiro atoms. The van der Waals surface area contributed by atoms with Gasteiger partial charge in [-0.3, -0.25) is 4.90 Å². The van der Waals surface area contributed by atoms with Gasteiger partial charge in [0.15, 0.2) is 0 Å². The maximum Gasteiger partial charge on any atom is 0.137 e. The Morgan fingerprint density at radius 1 is 1.12 bits per heavy atom. The van der Waals surface area contributed by atoms with Crippen LogP contribution < -0.4 is 0 Å². The summed E-state index contributed by atoms with van der Waals surface area (Å²) >= 11 is 0. The van der Waals surface area contributed by atoms with Crippen molar-refractivity contribution in [1.82, 2.24) is 4.90 Å². The molecule has 3 rings (SSSR count). The fourth-order valence-electron chi connectivity index (χ4n) is 4.30. The van der Waals surface area contributed by atoms with E-state index in [2.05, 4.69) is 4.90 Å². The molecular formula is C14H23NO. The van der Waals surface area contributed by atoms with E-state index in [0.29, 0.717) is 0 Å². The molecule has 2 heteroatoms. The number of fused-ring (bicyclic) bond motifs is 2. The van der Waals surface area contributed by atoms with Gasteiger partial charge in [-0.15, -0.1) is 0 Å². The van der Waals surface area contributed by atoms with Gasteiger partial charge in [0.05, 0.1) is 6.04 Å². The standard InChI is InChI=1S/C14H23NO/c16-10-14-3-1-2-6-15(14)9-13-8-11-4-5-12(13)7-11/h10-14H,1-9H2. The molecule has 2 nitrogen and oxygen atoms in total. The van der Waals surface area contributed by atoms with Crippen LogP contribution in [0.25, 0.3) is 0 Å². The van der Waals surface area contributed by atoms with Crippen LogP contribution in [0.1, 0.15) is 44.9 Å². The second-order valence-corrected chi connectivity index (χ2v) is 6.13. The van der Waals surface area contributed by atoms with Gasteiger partial charge < -0.3 is 4.79 Å². The van der Waals surface area contributed by atoms with Gasteiger partial charge >= 0.3 is 0 Å². The summed E-state index contributed by atoms with van der Waals surface area (Å²) in [7, 11) is 0. The number of carbonyl (C=O) groups excluding carboxylic acids is 1. The van der Waals surface area contributed by atoms with Crippen LogP contribution in [0.3, 0.4) is 0 Å². The van der Waals surface area contributed by atoms with E-state index >= 15 is 0 Å². The zero-order chi connectivity index (χ0) is 11.0. The summed E-state index contributed by atoms with van der Waals surface area (Å²) in [5, 5.41) is 0. The molecule has 16 heavy (non-hydrogen) atoms. The molecule has 2 bridgehead atoms. The largest absolute Gasteiger partial charge is 0.302 e. The maximum absolute atomic E-state index is 11.1. The molecule has 1 saturated heterocycles. The molecule has 4 unspecified atom stereocenters. The predicted octanol–water partition coefficient (Wildman–Crippen LogP) is 2.48. The third kappa shape index (κ3) is 1.92. The normalized spacial score (nSPS) is 43.8. The van der Waals surface area contributed by atoms with E-state index in [-0.39, 0.29) is 6.04 Å². The molecule has 4 atom stereocenters. The minimum atomic E-state index is 0.243. The second kappa shape index (κ2) is 4.48. The fraction of sp³-hybridized carbons (Fsp3) is 0.929. The van der Waals surface area contributed by atoms with Gasteiger partial charge in [-0.1, -0.05) is 12.8 Å². The molecule has 0 aromatic carbocycles. The Hall–Kier alpha value is -0.370. The molecule has 90 valence electrons. The van der Waals surface area contributed by atoms with Gasteiger partial charge in [-0.2, -0.15) is 0 Å². The number of likely N-dealkylation sites (tertiary alicyclic amines) is 1.